The molecule has 6 atom stereocenters. The van der Waals surface area contributed by atoms with Crippen LogP contribution in [0, 0.1) is 23.7 Å². The Bertz CT molecular complexity index is 1130. The van der Waals surface area contributed by atoms with Gasteiger partial charge in [-0.15, -0.1) is 0 Å². The average Bonchev–Trinajstić information content (AvgIpc) is 3.42. The molecule has 3 fully saturated rings. The predicted molar refractivity (Wildman–Crippen MR) is 119 cm³/mol. The first-order valence-corrected chi connectivity index (χ1v) is 11.7. The number of alkyl halides is 1. The number of hydrogen-bond acceptors (Lipinski definition) is 7. The third-order valence-electron chi connectivity index (χ3n) is 6.61. The third-order valence-corrected chi connectivity index (χ3v) is 8.06. The van der Waals surface area contributed by atoms with Gasteiger partial charge < -0.3 is 14.2 Å². The van der Waals surface area contributed by atoms with E-state index in [9.17, 15) is 19.2 Å². The Morgan fingerprint density at radius 2 is 1.67 bits per heavy atom. The van der Waals surface area contributed by atoms with Crippen molar-refractivity contribution in [1.29, 1.82) is 0 Å². The molecular formula is C24H18BrClO7. The van der Waals surface area contributed by atoms with Crippen molar-refractivity contribution in [3.05, 3.63) is 64.7 Å². The predicted octanol–water partition coefficient (Wildman–Crippen LogP) is 3.86. The maximum atomic E-state index is 12.7. The summed E-state index contributed by atoms with van der Waals surface area (Å²) in [6.07, 6.45) is 0.562. The normalized spacial score (nSPS) is 29.0. The lowest BCUT2D eigenvalue weighted by atomic mass is 9.80. The van der Waals surface area contributed by atoms with Crippen LogP contribution in [0.5, 0.6) is 5.75 Å². The van der Waals surface area contributed by atoms with Gasteiger partial charge in [-0.2, -0.15) is 0 Å². The van der Waals surface area contributed by atoms with Crippen molar-refractivity contribution in [3.8, 4) is 5.75 Å². The van der Waals surface area contributed by atoms with Crippen LogP contribution in [0.2, 0.25) is 5.02 Å². The van der Waals surface area contributed by atoms with Gasteiger partial charge in [0.05, 0.1) is 22.2 Å². The number of rotatable bonds is 6. The molecule has 2 aromatic carbocycles. The topological polar surface area (TPSA) is 96.0 Å². The fraction of sp³-hybridized carbons (Fsp3) is 0.333. The van der Waals surface area contributed by atoms with Crippen molar-refractivity contribution >= 4 is 51.2 Å². The Balaban J connectivity index is 1.17. The summed E-state index contributed by atoms with van der Waals surface area (Å²) in [5, 5.41) is 0.509. The van der Waals surface area contributed by atoms with Gasteiger partial charge >= 0.3 is 17.9 Å². The van der Waals surface area contributed by atoms with E-state index in [-0.39, 0.29) is 34.5 Å². The van der Waals surface area contributed by atoms with E-state index in [0.717, 1.165) is 6.42 Å². The van der Waals surface area contributed by atoms with Crippen LogP contribution in [0.15, 0.2) is 48.5 Å². The van der Waals surface area contributed by atoms with Gasteiger partial charge in [0.2, 0.25) is 0 Å². The SMILES string of the molecule is O=C(COC(=O)[C@@H]1[C@H]2C[C@H]3[C@H](OC(=O)[C@@H]31)[C@@H]2Br)c1ccc(OC(=O)c2ccc(Cl)cc2)cc1. The Morgan fingerprint density at radius 3 is 2.36 bits per heavy atom. The number of benzene rings is 2. The molecule has 0 spiro atoms. The maximum absolute atomic E-state index is 12.7. The second kappa shape index (κ2) is 8.57. The number of Topliss-reactive ketones (excluding diaryl/α,β-unsaturated/α-hetero) is 1. The molecule has 0 unspecified atom stereocenters. The van der Waals surface area contributed by atoms with Crippen LogP contribution >= 0.6 is 27.5 Å². The summed E-state index contributed by atoms with van der Waals surface area (Å²) >= 11 is 9.36. The summed E-state index contributed by atoms with van der Waals surface area (Å²) in [7, 11) is 0. The molecule has 2 aromatic rings. The molecule has 3 aliphatic rings. The van der Waals surface area contributed by atoms with E-state index in [1.165, 1.54) is 24.3 Å². The summed E-state index contributed by atoms with van der Waals surface area (Å²) in [4.78, 5) is 49.5. The van der Waals surface area contributed by atoms with Gasteiger partial charge in [0.25, 0.3) is 0 Å². The lowest BCUT2D eigenvalue weighted by molar-refractivity contribution is -0.154. The van der Waals surface area contributed by atoms with Crippen molar-refractivity contribution in [2.24, 2.45) is 23.7 Å². The molecule has 2 aliphatic carbocycles. The van der Waals surface area contributed by atoms with Gasteiger partial charge in [0, 0.05) is 16.5 Å². The lowest BCUT2D eigenvalue weighted by Gasteiger charge is -2.26. The highest BCUT2D eigenvalue weighted by Crippen LogP contribution is 2.60. The number of hydrogen-bond donors (Lipinski definition) is 0. The van der Waals surface area contributed by atoms with Crippen molar-refractivity contribution in [3.63, 3.8) is 0 Å². The van der Waals surface area contributed by atoms with Crippen LogP contribution in [0.1, 0.15) is 27.1 Å². The van der Waals surface area contributed by atoms with Crippen LogP contribution in [0.4, 0.5) is 0 Å². The minimum Gasteiger partial charge on any atom is -0.461 e. The third kappa shape index (κ3) is 3.95. The number of ketones is 1. The fourth-order valence-electron chi connectivity index (χ4n) is 5.07. The van der Waals surface area contributed by atoms with E-state index >= 15 is 0 Å². The number of carbonyl (C=O) groups is 4. The number of esters is 3. The van der Waals surface area contributed by atoms with Crippen LogP contribution in [-0.4, -0.2) is 41.2 Å². The molecule has 0 aromatic heterocycles. The molecule has 5 rings (SSSR count). The molecular weight excluding hydrogens is 516 g/mol. The standard InChI is InChI=1S/C24H18BrClO7/c25-20-15-9-16-19(24(30)33-21(16)20)18(15)23(29)31-10-17(27)11-3-7-14(8-4-11)32-22(28)12-1-5-13(26)6-2-12/h1-8,15-16,18-21H,9-10H2/t15-,16-,18-,19+,20-,21+/m1/s1. The highest BCUT2D eigenvalue weighted by Gasteiger charge is 2.68. The van der Waals surface area contributed by atoms with Gasteiger partial charge in [-0.25, -0.2) is 4.79 Å². The number of ether oxygens (including phenoxy) is 3. The number of fused-ring (bicyclic) bond motifs is 1. The van der Waals surface area contributed by atoms with Crippen LogP contribution in [0.25, 0.3) is 0 Å². The zero-order chi connectivity index (χ0) is 23.3. The largest absolute Gasteiger partial charge is 0.461 e. The van der Waals surface area contributed by atoms with Crippen molar-refractivity contribution < 1.29 is 33.4 Å². The summed E-state index contributed by atoms with van der Waals surface area (Å²) < 4.78 is 16.0. The molecule has 9 heteroatoms. The van der Waals surface area contributed by atoms with E-state index in [1.807, 2.05) is 0 Å². The molecule has 7 nitrogen and oxygen atoms in total. The van der Waals surface area contributed by atoms with Crippen molar-refractivity contribution in [2.45, 2.75) is 17.4 Å². The molecule has 170 valence electrons. The Labute approximate surface area is 202 Å². The second-order valence-corrected chi connectivity index (χ2v) is 9.91. The average molecular weight is 534 g/mol. The van der Waals surface area contributed by atoms with E-state index in [0.29, 0.717) is 16.1 Å². The first-order valence-electron chi connectivity index (χ1n) is 10.5. The van der Waals surface area contributed by atoms with Gasteiger partial charge in [-0.05, 0) is 60.9 Å². The van der Waals surface area contributed by atoms with Crippen LogP contribution in [0.3, 0.4) is 0 Å². The monoisotopic (exact) mass is 532 g/mol. The Morgan fingerprint density at radius 1 is 1.00 bits per heavy atom. The van der Waals surface area contributed by atoms with E-state index in [4.69, 9.17) is 25.8 Å². The molecule has 1 saturated heterocycles. The summed E-state index contributed by atoms with van der Waals surface area (Å²) in [6, 6.07) is 12.2. The van der Waals surface area contributed by atoms with Crippen LogP contribution < -0.4 is 4.74 Å². The lowest BCUT2D eigenvalue weighted by Crippen LogP contribution is -2.39. The summed E-state index contributed by atoms with van der Waals surface area (Å²) in [6.45, 7) is -0.436. The van der Waals surface area contributed by atoms with E-state index in [1.54, 1.807) is 24.3 Å². The quantitative estimate of drug-likeness (QED) is 0.241. The molecule has 1 aliphatic heterocycles. The van der Waals surface area contributed by atoms with Gasteiger partial charge in [0.15, 0.2) is 12.4 Å². The molecule has 0 N–H and O–H groups in total. The highest BCUT2D eigenvalue weighted by atomic mass is 79.9. The summed E-state index contributed by atoms with van der Waals surface area (Å²) in [5.41, 5.74) is 0.649. The summed E-state index contributed by atoms with van der Waals surface area (Å²) in [5.74, 6) is -2.66. The molecule has 2 saturated carbocycles. The molecule has 0 radical (unpaired) electrons. The van der Waals surface area contributed by atoms with E-state index < -0.39 is 36.2 Å². The number of carbonyl (C=O) groups excluding carboxylic acids is 4. The zero-order valence-corrected chi connectivity index (χ0v) is 19.5. The fourth-order valence-corrected chi connectivity index (χ4v) is 6.24. The first kappa shape index (κ1) is 22.1. The molecule has 1 heterocycles. The zero-order valence-electron chi connectivity index (χ0n) is 17.1. The molecule has 33 heavy (non-hydrogen) atoms. The van der Waals surface area contributed by atoms with Crippen LogP contribution in [-0.2, 0) is 19.1 Å². The minimum absolute atomic E-state index is 0.0308. The number of halogens is 2. The molecule has 2 bridgehead atoms. The van der Waals surface area contributed by atoms with Gasteiger partial charge in [-0.3, -0.25) is 14.4 Å². The maximum Gasteiger partial charge on any atom is 0.343 e. The Hall–Kier alpha value is -2.71. The second-order valence-electron chi connectivity index (χ2n) is 8.41. The molecule has 0 amide bonds. The highest BCUT2D eigenvalue weighted by molar-refractivity contribution is 9.09. The van der Waals surface area contributed by atoms with E-state index in [2.05, 4.69) is 15.9 Å². The van der Waals surface area contributed by atoms with Crippen molar-refractivity contribution in [1.82, 2.24) is 0 Å². The van der Waals surface area contributed by atoms with Gasteiger partial charge in [0.1, 0.15) is 11.9 Å². The smallest absolute Gasteiger partial charge is 0.343 e. The van der Waals surface area contributed by atoms with Gasteiger partial charge in [-0.1, -0.05) is 27.5 Å². The first-order chi connectivity index (χ1) is 15.8. The minimum atomic E-state index is -0.590. The Kier molecular flexibility index (Phi) is 5.74. The van der Waals surface area contributed by atoms with Crippen molar-refractivity contribution in [2.75, 3.05) is 6.61 Å².